The molecule has 1 aliphatic rings. The zero-order valence-electron chi connectivity index (χ0n) is 20.7. The Labute approximate surface area is 199 Å². The van der Waals surface area contributed by atoms with Gasteiger partial charge in [-0.3, -0.25) is 4.79 Å². The van der Waals surface area contributed by atoms with Gasteiger partial charge in [-0.25, -0.2) is 8.42 Å². The summed E-state index contributed by atoms with van der Waals surface area (Å²) in [5.74, 6) is -0.162. The van der Waals surface area contributed by atoms with Gasteiger partial charge >= 0.3 is 0 Å². The zero-order valence-corrected chi connectivity index (χ0v) is 21.5. The number of sulfonamides is 1. The number of aryl methyl sites for hydroxylation is 2. The first-order chi connectivity index (χ1) is 15.5. The molecule has 0 radical (unpaired) electrons. The Balaban J connectivity index is 1.64. The predicted molar refractivity (Wildman–Crippen MR) is 133 cm³/mol. The highest BCUT2D eigenvalue weighted by molar-refractivity contribution is 7.89. The number of likely N-dealkylation sites (N-methyl/N-ethyl adjacent to an activating group) is 1. The van der Waals surface area contributed by atoms with E-state index in [1.165, 1.54) is 0 Å². The van der Waals surface area contributed by atoms with Crippen molar-refractivity contribution in [3.63, 3.8) is 0 Å². The van der Waals surface area contributed by atoms with Crippen LogP contribution in [-0.4, -0.2) is 57.3 Å². The number of benzene rings is 2. The van der Waals surface area contributed by atoms with Crippen LogP contribution in [0.1, 0.15) is 46.7 Å². The van der Waals surface area contributed by atoms with Gasteiger partial charge in [-0.2, -0.15) is 4.31 Å². The van der Waals surface area contributed by atoms with Gasteiger partial charge < -0.3 is 10.2 Å². The maximum Gasteiger partial charge on any atom is 0.243 e. The van der Waals surface area contributed by atoms with E-state index in [9.17, 15) is 13.2 Å². The number of nitrogens with one attached hydrogen (secondary N) is 1. The summed E-state index contributed by atoms with van der Waals surface area (Å²) in [6.45, 7) is 8.91. The van der Waals surface area contributed by atoms with Crippen LogP contribution in [0.2, 0.25) is 0 Å². The number of piperidine rings is 1. The minimum atomic E-state index is -3.60. The molecule has 6 nitrogen and oxygen atoms in total. The molecule has 1 fully saturated rings. The molecule has 0 spiro atoms. The Morgan fingerprint density at radius 2 is 1.58 bits per heavy atom. The van der Waals surface area contributed by atoms with Crippen LogP contribution >= 0.6 is 0 Å². The monoisotopic (exact) mass is 471 g/mol. The summed E-state index contributed by atoms with van der Waals surface area (Å²) in [6, 6.07) is 12.3. The van der Waals surface area contributed by atoms with Crippen molar-refractivity contribution < 1.29 is 13.2 Å². The van der Waals surface area contributed by atoms with E-state index in [-0.39, 0.29) is 17.9 Å². The molecule has 1 aliphatic heterocycles. The normalized spacial score (nSPS) is 16.7. The second kappa shape index (κ2) is 10.4. The molecule has 1 atom stereocenters. The molecular formula is C26H37N3O3S. The predicted octanol–water partition coefficient (Wildman–Crippen LogP) is 3.74. The smallest absolute Gasteiger partial charge is 0.243 e. The van der Waals surface area contributed by atoms with E-state index in [2.05, 4.69) is 22.3 Å². The van der Waals surface area contributed by atoms with Gasteiger partial charge in [0.15, 0.2) is 0 Å². The Hall–Kier alpha value is -2.22. The molecule has 33 heavy (non-hydrogen) atoms. The minimum Gasteiger partial charge on any atom is -0.354 e. The van der Waals surface area contributed by atoms with E-state index in [1.807, 2.05) is 66.1 Å². The molecule has 0 saturated carbocycles. The summed E-state index contributed by atoms with van der Waals surface area (Å²) in [7, 11) is 0.413. The fourth-order valence-electron chi connectivity index (χ4n) is 4.67. The average Bonchev–Trinajstić information content (AvgIpc) is 2.78. The largest absolute Gasteiger partial charge is 0.354 e. The number of nitrogens with zero attached hydrogens (tertiary/aromatic N) is 2. The molecule has 0 unspecified atom stereocenters. The van der Waals surface area contributed by atoms with Crippen molar-refractivity contribution in [2.75, 3.05) is 33.7 Å². The molecule has 3 rings (SSSR count). The second-order valence-electron chi connectivity index (χ2n) is 9.40. The number of hydrogen-bond acceptors (Lipinski definition) is 4. The number of carbonyl (C=O) groups is 1. The zero-order chi connectivity index (χ0) is 24.3. The highest BCUT2D eigenvalue weighted by Gasteiger charge is 2.34. The average molecular weight is 472 g/mol. The molecule has 0 bridgehead atoms. The van der Waals surface area contributed by atoms with Crippen LogP contribution in [0, 0.1) is 33.6 Å². The first kappa shape index (κ1) is 25.4. The first-order valence-electron chi connectivity index (χ1n) is 11.6. The Morgan fingerprint density at radius 1 is 1.03 bits per heavy atom. The molecule has 7 heteroatoms. The summed E-state index contributed by atoms with van der Waals surface area (Å²) < 4.78 is 28.5. The Bertz CT molecular complexity index is 1060. The molecular weight excluding hydrogens is 434 g/mol. The highest BCUT2D eigenvalue weighted by atomic mass is 32.2. The molecule has 180 valence electrons. The lowest BCUT2D eigenvalue weighted by molar-refractivity contribution is -0.126. The lowest BCUT2D eigenvalue weighted by atomic mass is 9.97. The van der Waals surface area contributed by atoms with Crippen molar-refractivity contribution in [1.82, 2.24) is 14.5 Å². The van der Waals surface area contributed by atoms with Crippen LogP contribution in [0.5, 0.6) is 0 Å². The van der Waals surface area contributed by atoms with Gasteiger partial charge in [-0.05, 0) is 82.4 Å². The highest BCUT2D eigenvalue weighted by Crippen LogP contribution is 2.31. The SMILES string of the molecule is Cc1cc(C)c(C)c(S(=O)(=O)N2CCC(C(=O)NC[C@@H](c3ccccc3)N(C)C)CC2)c1C. The lowest BCUT2D eigenvalue weighted by Crippen LogP contribution is -2.44. The maximum absolute atomic E-state index is 13.5. The van der Waals surface area contributed by atoms with E-state index in [1.54, 1.807) is 4.31 Å². The molecule has 1 amide bonds. The standard InChI is InChI=1S/C26H37N3O3S/c1-18-16-19(2)21(4)25(20(18)3)33(31,32)29-14-12-23(13-15-29)26(30)27-17-24(28(5)6)22-10-8-7-9-11-22/h7-11,16,23-24H,12-15,17H2,1-6H3,(H,27,30)/t24-/m0/s1. The van der Waals surface area contributed by atoms with Crippen molar-refractivity contribution >= 4 is 15.9 Å². The van der Waals surface area contributed by atoms with Crippen LogP contribution in [0.15, 0.2) is 41.3 Å². The number of hydrogen-bond donors (Lipinski definition) is 1. The van der Waals surface area contributed by atoms with Crippen molar-refractivity contribution in [2.45, 2.75) is 51.5 Å². The van der Waals surface area contributed by atoms with Crippen LogP contribution in [0.25, 0.3) is 0 Å². The molecule has 2 aromatic carbocycles. The van der Waals surface area contributed by atoms with Crippen LogP contribution in [-0.2, 0) is 14.8 Å². The van der Waals surface area contributed by atoms with Gasteiger partial charge in [0.05, 0.1) is 10.9 Å². The molecule has 1 heterocycles. The van der Waals surface area contributed by atoms with Gasteiger partial charge in [0.2, 0.25) is 15.9 Å². The van der Waals surface area contributed by atoms with Crippen LogP contribution in [0.4, 0.5) is 0 Å². The maximum atomic E-state index is 13.5. The summed E-state index contributed by atoms with van der Waals surface area (Å²) >= 11 is 0. The van der Waals surface area contributed by atoms with Crippen LogP contribution in [0.3, 0.4) is 0 Å². The Kier molecular flexibility index (Phi) is 7.98. The summed E-state index contributed by atoms with van der Waals surface area (Å²) in [4.78, 5) is 15.4. The topological polar surface area (TPSA) is 69.7 Å². The molecule has 2 aromatic rings. The quantitative estimate of drug-likeness (QED) is 0.668. The lowest BCUT2D eigenvalue weighted by Gasteiger charge is -2.32. The van der Waals surface area contributed by atoms with Gasteiger partial charge in [-0.15, -0.1) is 0 Å². The van der Waals surface area contributed by atoms with E-state index in [0.29, 0.717) is 37.4 Å². The molecule has 1 N–H and O–H groups in total. The first-order valence-corrected chi connectivity index (χ1v) is 13.0. The number of carbonyl (C=O) groups excluding carboxylic acids is 1. The van der Waals surface area contributed by atoms with Crippen LogP contribution < -0.4 is 5.32 Å². The van der Waals surface area contributed by atoms with Gasteiger partial charge in [0.25, 0.3) is 0 Å². The number of amides is 1. The van der Waals surface area contributed by atoms with Crippen molar-refractivity contribution in [3.05, 3.63) is 64.2 Å². The third-order valence-electron chi connectivity index (χ3n) is 7.00. The third kappa shape index (κ3) is 5.48. The van der Waals surface area contributed by atoms with Gasteiger partial charge in [0, 0.05) is 25.6 Å². The Morgan fingerprint density at radius 3 is 2.09 bits per heavy atom. The van der Waals surface area contributed by atoms with E-state index in [4.69, 9.17) is 0 Å². The van der Waals surface area contributed by atoms with Crippen molar-refractivity contribution in [1.29, 1.82) is 0 Å². The van der Waals surface area contributed by atoms with Crippen molar-refractivity contribution in [2.24, 2.45) is 5.92 Å². The summed E-state index contributed by atoms with van der Waals surface area (Å²) in [6.07, 6.45) is 1.07. The number of rotatable bonds is 7. The third-order valence-corrected chi connectivity index (χ3v) is 9.17. The van der Waals surface area contributed by atoms with E-state index < -0.39 is 10.0 Å². The minimum absolute atomic E-state index is 0.00795. The van der Waals surface area contributed by atoms with Crippen molar-refractivity contribution in [3.8, 4) is 0 Å². The molecule has 0 aliphatic carbocycles. The van der Waals surface area contributed by atoms with E-state index >= 15 is 0 Å². The van der Waals surface area contributed by atoms with E-state index in [0.717, 1.165) is 27.8 Å². The molecule has 1 saturated heterocycles. The second-order valence-corrected chi connectivity index (χ2v) is 11.3. The summed E-state index contributed by atoms with van der Waals surface area (Å²) in [5.41, 5.74) is 4.75. The molecule has 0 aromatic heterocycles. The van der Waals surface area contributed by atoms with Gasteiger partial charge in [0.1, 0.15) is 0 Å². The summed E-state index contributed by atoms with van der Waals surface area (Å²) in [5, 5.41) is 3.10. The fourth-order valence-corrected chi connectivity index (χ4v) is 6.72. The van der Waals surface area contributed by atoms with Gasteiger partial charge in [-0.1, -0.05) is 36.4 Å². The fraction of sp³-hybridized carbons (Fsp3) is 0.500.